The number of fused-ring (bicyclic) bond motifs is 1. The van der Waals surface area contributed by atoms with Crippen molar-refractivity contribution in [2.45, 2.75) is 32.0 Å². The molecule has 0 amide bonds. The van der Waals surface area contributed by atoms with Crippen LogP contribution in [0, 0.1) is 11.3 Å². The van der Waals surface area contributed by atoms with Crippen LogP contribution in [0.4, 0.5) is 11.6 Å². The summed E-state index contributed by atoms with van der Waals surface area (Å²) in [5, 5.41) is 21.9. The minimum Gasteiger partial charge on any atom is -0.390 e. The molecule has 4 N–H and O–H groups in total. The van der Waals surface area contributed by atoms with Crippen molar-refractivity contribution in [3.63, 3.8) is 0 Å². The lowest BCUT2D eigenvalue weighted by Crippen LogP contribution is -2.38. The van der Waals surface area contributed by atoms with Crippen LogP contribution in [0.15, 0.2) is 85.3 Å². The van der Waals surface area contributed by atoms with Gasteiger partial charge in [0.2, 0.25) is 5.82 Å². The van der Waals surface area contributed by atoms with Gasteiger partial charge in [0.25, 0.3) is 0 Å². The Morgan fingerprint density at radius 1 is 0.913 bits per heavy atom. The molecule has 6 heterocycles. The normalized spacial score (nSPS) is 13.9. The summed E-state index contributed by atoms with van der Waals surface area (Å²) in [6.07, 6.45) is 6.95. The molecule has 1 aromatic carbocycles. The maximum Gasteiger partial charge on any atom is 0.234 e. The number of aliphatic hydroxyl groups is 1. The standard InChI is InChI=1S/C34H31N11O/c35-18-31-37-15-11-30(43-31)40-24-12-16-44(17-13-24)20-22-3-7-26(8-4-22)45-33(27-2-1-14-38-32(27)36)42-29-10-9-28(41-34(29)45)23-5-6-25(21-46)39-19-23/h1-11,14-15,19,24,46H,12-13,16-17,20-21H2,(H2,36,38)(H,37,40,43). The van der Waals surface area contributed by atoms with Gasteiger partial charge < -0.3 is 16.2 Å². The molecule has 1 saturated heterocycles. The van der Waals surface area contributed by atoms with Crippen molar-refractivity contribution in [3.8, 4) is 34.4 Å². The first-order chi connectivity index (χ1) is 22.6. The molecule has 46 heavy (non-hydrogen) atoms. The van der Waals surface area contributed by atoms with Gasteiger partial charge in [0.1, 0.15) is 23.2 Å². The zero-order valence-electron chi connectivity index (χ0n) is 25.0. The number of likely N-dealkylation sites (tertiary alicyclic amines) is 1. The molecule has 0 saturated carbocycles. The van der Waals surface area contributed by atoms with Crippen LogP contribution in [-0.4, -0.2) is 63.6 Å². The SMILES string of the molecule is N#Cc1nccc(NC2CCN(Cc3ccc(-n4c(-c5cccnc5N)nc5ccc(-c6ccc(CO)nc6)nc54)cc3)CC2)n1. The lowest BCUT2D eigenvalue weighted by Gasteiger charge is -2.32. The molecule has 0 atom stereocenters. The molecule has 228 valence electrons. The molecule has 1 aliphatic heterocycles. The van der Waals surface area contributed by atoms with Crippen LogP contribution in [0.2, 0.25) is 0 Å². The number of hydrogen-bond acceptors (Lipinski definition) is 11. The maximum absolute atomic E-state index is 9.40. The molecule has 0 bridgehead atoms. The Morgan fingerprint density at radius 3 is 2.50 bits per heavy atom. The predicted molar refractivity (Wildman–Crippen MR) is 174 cm³/mol. The van der Waals surface area contributed by atoms with Crippen molar-refractivity contribution in [2.24, 2.45) is 0 Å². The molecule has 0 aliphatic carbocycles. The minimum absolute atomic E-state index is 0.115. The number of benzene rings is 1. The van der Waals surface area contributed by atoms with Crippen LogP contribution in [0.3, 0.4) is 0 Å². The summed E-state index contributed by atoms with van der Waals surface area (Å²) in [6.45, 7) is 2.63. The number of anilines is 2. The molecule has 12 nitrogen and oxygen atoms in total. The van der Waals surface area contributed by atoms with Gasteiger partial charge in [-0.05, 0) is 73.0 Å². The van der Waals surface area contributed by atoms with E-state index in [1.807, 2.05) is 41.0 Å². The Balaban J connectivity index is 1.13. The number of imidazole rings is 1. The number of aromatic nitrogens is 7. The number of pyridine rings is 3. The average Bonchev–Trinajstić information content (AvgIpc) is 3.48. The first-order valence-electron chi connectivity index (χ1n) is 15.1. The van der Waals surface area contributed by atoms with Gasteiger partial charge in [0.15, 0.2) is 11.5 Å². The highest BCUT2D eigenvalue weighted by atomic mass is 16.3. The molecule has 6 aromatic rings. The van der Waals surface area contributed by atoms with Gasteiger partial charge in [-0.2, -0.15) is 5.26 Å². The first-order valence-corrected chi connectivity index (χ1v) is 15.1. The van der Waals surface area contributed by atoms with Gasteiger partial charge in [-0.1, -0.05) is 12.1 Å². The second-order valence-corrected chi connectivity index (χ2v) is 11.2. The van der Waals surface area contributed by atoms with Crippen molar-refractivity contribution in [2.75, 3.05) is 24.1 Å². The Morgan fingerprint density at radius 2 is 1.76 bits per heavy atom. The third kappa shape index (κ3) is 5.97. The van der Waals surface area contributed by atoms with Crippen molar-refractivity contribution >= 4 is 22.8 Å². The Bertz CT molecular complexity index is 2030. The number of rotatable bonds is 8. The fraction of sp³-hybridized carbons (Fsp3) is 0.206. The summed E-state index contributed by atoms with van der Waals surface area (Å²) in [6, 6.07) is 23.9. The zero-order chi connectivity index (χ0) is 31.5. The van der Waals surface area contributed by atoms with E-state index in [2.05, 4.69) is 54.4 Å². The van der Waals surface area contributed by atoms with E-state index in [9.17, 15) is 5.11 Å². The monoisotopic (exact) mass is 609 g/mol. The van der Waals surface area contributed by atoms with Crippen molar-refractivity contribution in [1.29, 1.82) is 5.26 Å². The lowest BCUT2D eigenvalue weighted by atomic mass is 10.0. The van der Waals surface area contributed by atoms with E-state index in [1.165, 1.54) is 5.56 Å². The van der Waals surface area contributed by atoms with Crippen LogP contribution in [0.1, 0.15) is 29.9 Å². The van der Waals surface area contributed by atoms with Crippen LogP contribution in [0.5, 0.6) is 0 Å². The third-order valence-corrected chi connectivity index (χ3v) is 8.16. The molecule has 1 aliphatic rings. The first kappa shape index (κ1) is 29.0. The molecule has 0 unspecified atom stereocenters. The zero-order valence-corrected chi connectivity index (χ0v) is 25.0. The maximum atomic E-state index is 9.40. The van der Waals surface area contributed by atoms with Gasteiger partial charge in [0.05, 0.1) is 23.6 Å². The van der Waals surface area contributed by atoms with E-state index in [4.69, 9.17) is 21.0 Å². The largest absolute Gasteiger partial charge is 0.390 e. The van der Waals surface area contributed by atoms with Gasteiger partial charge in [-0.15, -0.1) is 0 Å². The van der Waals surface area contributed by atoms with Crippen LogP contribution < -0.4 is 11.1 Å². The molecule has 0 spiro atoms. The minimum atomic E-state index is -0.115. The van der Waals surface area contributed by atoms with Gasteiger partial charge >= 0.3 is 0 Å². The van der Waals surface area contributed by atoms with E-state index >= 15 is 0 Å². The summed E-state index contributed by atoms with van der Waals surface area (Å²) < 4.78 is 2.02. The topological polar surface area (TPSA) is 168 Å². The summed E-state index contributed by atoms with van der Waals surface area (Å²) in [7, 11) is 0. The second-order valence-electron chi connectivity index (χ2n) is 11.2. The molecule has 7 rings (SSSR count). The number of hydrogen-bond donors (Lipinski definition) is 3. The molecule has 0 radical (unpaired) electrons. The highest BCUT2D eigenvalue weighted by molar-refractivity contribution is 5.84. The fourth-order valence-electron chi connectivity index (χ4n) is 5.77. The van der Waals surface area contributed by atoms with Gasteiger partial charge in [0, 0.05) is 55.5 Å². The second kappa shape index (κ2) is 12.7. The number of piperidine rings is 1. The highest BCUT2D eigenvalue weighted by Gasteiger charge is 2.21. The Kier molecular flexibility index (Phi) is 7.99. The summed E-state index contributed by atoms with van der Waals surface area (Å²) in [5.74, 6) is 1.92. The molecular formula is C34H31N11O. The van der Waals surface area contributed by atoms with Crippen molar-refractivity contribution in [1.82, 2.24) is 39.4 Å². The van der Waals surface area contributed by atoms with Crippen molar-refractivity contribution < 1.29 is 5.11 Å². The van der Waals surface area contributed by atoms with Crippen LogP contribution in [0.25, 0.3) is 39.5 Å². The molecular weight excluding hydrogens is 578 g/mol. The fourth-order valence-corrected chi connectivity index (χ4v) is 5.77. The number of aliphatic hydroxyl groups excluding tert-OH is 1. The molecule has 1 fully saturated rings. The number of nitrogens with two attached hydrogens (primary N) is 1. The van der Waals surface area contributed by atoms with Crippen LogP contribution >= 0.6 is 0 Å². The smallest absolute Gasteiger partial charge is 0.234 e. The summed E-state index contributed by atoms with van der Waals surface area (Å²) in [4.78, 5) is 29.2. The quantitative estimate of drug-likeness (QED) is 0.224. The van der Waals surface area contributed by atoms with Crippen molar-refractivity contribution in [3.05, 3.63) is 102 Å². The number of nitrogens with one attached hydrogen (secondary N) is 1. The Labute approximate surface area is 265 Å². The highest BCUT2D eigenvalue weighted by Crippen LogP contribution is 2.32. The molecule has 5 aromatic heterocycles. The molecule has 12 heteroatoms. The van der Waals surface area contributed by atoms with E-state index in [0.717, 1.165) is 60.5 Å². The van der Waals surface area contributed by atoms with Gasteiger partial charge in [-0.25, -0.2) is 24.9 Å². The number of nitrogens with zero attached hydrogens (tertiary/aromatic N) is 9. The number of nitrogen functional groups attached to an aromatic ring is 1. The van der Waals surface area contributed by atoms with Crippen LogP contribution in [-0.2, 0) is 13.2 Å². The predicted octanol–water partition coefficient (Wildman–Crippen LogP) is 4.36. The van der Waals surface area contributed by atoms with E-state index in [-0.39, 0.29) is 12.4 Å². The average molecular weight is 610 g/mol. The van der Waals surface area contributed by atoms with E-state index in [1.54, 1.807) is 30.7 Å². The number of nitriles is 1. The van der Waals surface area contributed by atoms with E-state index < -0.39 is 0 Å². The lowest BCUT2D eigenvalue weighted by molar-refractivity contribution is 0.211. The summed E-state index contributed by atoms with van der Waals surface area (Å²) in [5.41, 5.74) is 12.8. The van der Waals surface area contributed by atoms with Gasteiger partial charge in [-0.3, -0.25) is 14.5 Å². The Hall–Kier alpha value is -5.77. The van der Waals surface area contributed by atoms with E-state index in [0.29, 0.717) is 34.8 Å². The third-order valence-electron chi connectivity index (χ3n) is 8.16. The summed E-state index contributed by atoms with van der Waals surface area (Å²) >= 11 is 0.